The van der Waals surface area contributed by atoms with E-state index in [1.54, 1.807) is 18.0 Å². The molecule has 1 aromatic rings. The Hall–Kier alpha value is -1.22. The molecule has 1 unspecified atom stereocenters. The lowest BCUT2D eigenvalue weighted by Crippen LogP contribution is -2.18. The normalized spacial score (nSPS) is 17.9. The van der Waals surface area contributed by atoms with Gasteiger partial charge in [-0.1, -0.05) is 11.6 Å². The predicted molar refractivity (Wildman–Crippen MR) is 65.0 cm³/mol. The number of hydrogen-bond donors (Lipinski definition) is 1. The van der Waals surface area contributed by atoms with Crippen molar-refractivity contribution in [3.05, 3.63) is 35.9 Å². The van der Waals surface area contributed by atoms with Gasteiger partial charge >= 0.3 is 0 Å². The Labute approximate surface area is 97.0 Å². The second kappa shape index (κ2) is 5.75. The van der Waals surface area contributed by atoms with Gasteiger partial charge in [-0.05, 0) is 39.2 Å². The number of allylic oxidation sites excluding steroid dienone is 1. The maximum atomic E-state index is 4.36. The van der Waals surface area contributed by atoms with E-state index in [0.717, 1.165) is 12.1 Å². The van der Waals surface area contributed by atoms with Crippen molar-refractivity contribution >= 4 is 0 Å². The summed E-state index contributed by atoms with van der Waals surface area (Å²) in [5, 5.41) is 3.32. The van der Waals surface area contributed by atoms with Crippen molar-refractivity contribution in [3.8, 4) is 0 Å². The molecule has 1 atom stereocenters. The van der Waals surface area contributed by atoms with Crippen molar-refractivity contribution in [2.24, 2.45) is 0 Å². The summed E-state index contributed by atoms with van der Waals surface area (Å²) in [6, 6.07) is 0.304. The highest BCUT2D eigenvalue weighted by Gasteiger charge is 2.14. The van der Waals surface area contributed by atoms with Crippen molar-refractivity contribution < 1.29 is 0 Å². The van der Waals surface area contributed by atoms with E-state index in [1.165, 1.54) is 25.7 Å². The van der Waals surface area contributed by atoms with Gasteiger partial charge in [-0.25, -0.2) is 0 Å². The maximum absolute atomic E-state index is 4.36. The third-order valence-electron chi connectivity index (χ3n) is 3.14. The number of rotatable bonds is 4. The molecule has 1 aliphatic rings. The van der Waals surface area contributed by atoms with E-state index in [0.29, 0.717) is 6.04 Å². The fraction of sp³-hybridized carbons (Fsp3) is 0.538. The third kappa shape index (κ3) is 2.89. The Kier molecular flexibility index (Phi) is 4.05. The number of nitrogens with one attached hydrogen (secondary N) is 1. The first-order valence-electron chi connectivity index (χ1n) is 6.01. The number of aromatic nitrogens is 2. The van der Waals surface area contributed by atoms with Crippen molar-refractivity contribution in [1.82, 2.24) is 15.3 Å². The smallest absolute Gasteiger partial charge is 0.0759 e. The summed E-state index contributed by atoms with van der Waals surface area (Å²) in [6.07, 6.45) is 14.0. The molecule has 1 heterocycles. The molecule has 0 radical (unpaired) electrons. The molecule has 2 rings (SSSR count). The molecule has 0 aliphatic heterocycles. The summed E-state index contributed by atoms with van der Waals surface area (Å²) >= 11 is 0. The van der Waals surface area contributed by atoms with Gasteiger partial charge in [-0.15, -0.1) is 0 Å². The first-order chi connectivity index (χ1) is 7.90. The van der Waals surface area contributed by atoms with Crippen LogP contribution in [0.15, 0.2) is 30.2 Å². The van der Waals surface area contributed by atoms with E-state index in [9.17, 15) is 0 Å². The van der Waals surface area contributed by atoms with Crippen LogP contribution in [0.2, 0.25) is 0 Å². The Bertz CT molecular complexity index is 345. The van der Waals surface area contributed by atoms with Crippen LogP contribution in [0.3, 0.4) is 0 Å². The molecule has 0 saturated heterocycles. The van der Waals surface area contributed by atoms with Gasteiger partial charge < -0.3 is 5.32 Å². The van der Waals surface area contributed by atoms with Gasteiger partial charge in [0.25, 0.3) is 0 Å². The zero-order valence-corrected chi connectivity index (χ0v) is 9.82. The third-order valence-corrected chi connectivity index (χ3v) is 3.14. The molecule has 3 nitrogen and oxygen atoms in total. The summed E-state index contributed by atoms with van der Waals surface area (Å²) in [7, 11) is 1.99. The van der Waals surface area contributed by atoms with Gasteiger partial charge in [0, 0.05) is 18.6 Å². The molecule has 16 heavy (non-hydrogen) atoms. The Morgan fingerprint density at radius 3 is 2.94 bits per heavy atom. The first kappa shape index (κ1) is 11.3. The van der Waals surface area contributed by atoms with E-state index in [-0.39, 0.29) is 0 Å². The van der Waals surface area contributed by atoms with Gasteiger partial charge in [0.05, 0.1) is 11.7 Å². The first-order valence-corrected chi connectivity index (χ1v) is 6.01. The minimum absolute atomic E-state index is 0.304. The van der Waals surface area contributed by atoms with Crippen LogP contribution in [0.4, 0.5) is 0 Å². The summed E-state index contributed by atoms with van der Waals surface area (Å²) < 4.78 is 0. The minimum atomic E-state index is 0.304. The molecular formula is C13H19N3. The monoisotopic (exact) mass is 217 g/mol. The van der Waals surface area contributed by atoms with Gasteiger partial charge in [0.15, 0.2) is 0 Å². The van der Waals surface area contributed by atoms with Crippen molar-refractivity contribution in [1.29, 1.82) is 0 Å². The fourth-order valence-electron chi connectivity index (χ4n) is 2.20. The van der Waals surface area contributed by atoms with Gasteiger partial charge in [-0.3, -0.25) is 9.97 Å². The van der Waals surface area contributed by atoms with E-state index < -0.39 is 0 Å². The Morgan fingerprint density at radius 2 is 2.31 bits per heavy atom. The highest BCUT2D eigenvalue weighted by molar-refractivity contribution is 5.12. The maximum Gasteiger partial charge on any atom is 0.0759 e. The summed E-state index contributed by atoms with van der Waals surface area (Å²) in [5.41, 5.74) is 2.60. The molecule has 0 spiro atoms. The van der Waals surface area contributed by atoms with E-state index in [4.69, 9.17) is 0 Å². The van der Waals surface area contributed by atoms with E-state index in [1.807, 2.05) is 13.2 Å². The van der Waals surface area contributed by atoms with Crippen LogP contribution in [0.25, 0.3) is 0 Å². The van der Waals surface area contributed by atoms with Crippen molar-refractivity contribution in [3.63, 3.8) is 0 Å². The molecule has 3 heteroatoms. The minimum Gasteiger partial charge on any atom is -0.311 e. The molecule has 1 aromatic heterocycles. The molecule has 0 bridgehead atoms. The standard InChI is InChI=1S/C13H19N3/c1-14-12(13-10-15-7-8-16-13)9-11-5-3-2-4-6-11/h5,7-8,10,12,14H,2-4,6,9H2,1H3. The number of nitrogens with zero attached hydrogens (tertiary/aromatic N) is 2. The van der Waals surface area contributed by atoms with Gasteiger partial charge in [0.2, 0.25) is 0 Å². The second-order valence-corrected chi connectivity index (χ2v) is 4.28. The molecule has 0 aromatic carbocycles. The van der Waals surface area contributed by atoms with Crippen molar-refractivity contribution in [2.45, 2.75) is 38.1 Å². The average Bonchev–Trinajstić information content (AvgIpc) is 2.38. The predicted octanol–water partition coefficient (Wildman–Crippen LogP) is 2.63. The van der Waals surface area contributed by atoms with Gasteiger partial charge in [0.1, 0.15) is 0 Å². The van der Waals surface area contributed by atoms with Crippen molar-refractivity contribution in [2.75, 3.05) is 7.05 Å². The number of hydrogen-bond acceptors (Lipinski definition) is 3. The summed E-state index contributed by atoms with van der Waals surface area (Å²) in [5.74, 6) is 0. The zero-order chi connectivity index (χ0) is 11.2. The Balaban J connectivity index is 2.03. The van der Waals surface area contributed by atoms with Crippen LogP contribution >= 0.6 is 0 Å². The SMILES string of the molecule is CNC(CC1=CCCCC1)c1cnccn1. The molecule has 0 saturated carbocycles. The largest absolute Gasteiger partial charge is 0.311 e. The lowest BCUT2D eigenvalue weighted by Gasteiger charge is -2.19. The topological polar surface area (TPSA) is 37.8 Å². The van der Waals surface area contributed by atoms with Gasteiger partial charge in [-0.2, -0.15) is 0 Å². The molecule has 1 aliphatic carbocycles. The average molecular weight is 217 g/mol. The molecule has 0 fully saturated rings. The van der Waals surface area contributed by atoms with Crippen LogP contribution < -0.4 is 5.32 Å². The van der Waals surface area contributed by atoms with Crippen LogP contribution in [0.5, 0.6) is 0 Å². The molecule has 86 valence electrons. The van der Waals surface area contributed by atoms with E-state index >= 15 is 0 Å². The lowest BCUT2D eigenvalue weighted by molar-refractivity contribution is 0.545. The summed E-state index contributed by atoms with van der Waals surface area (Å²) in [6.45, 7) is 0. The van der Waals surface area contributed by atoms with E-state index in [2.05, 4.69) is 21.4 Å². The van der Waals surface area contributed by atoms with Crippen LogP contribution in [-0.2, 0) is 0 Å². The van der Waals surface area contributed by atoms with Crippen LogP contribution in [0.1, 0.15) is 43.8 Å². The van der Waals surface area contributed by atoms with Crippen LogP contribution in [0, 0.1) is 0 Å². The molecule has 1 N–H and O–H groups in total. The summed E-state index contributed by atoms with van der Waals surface area (Å²) in [4.78, 5) is 8.49. The highest BCUT2D eigenvalue weighted by Crippen LogP contribution is 2.26. The van der Waals surface area contributed by atoms with Crippen LogP contribution in [-0.4, -0.2) is 17.0 Å². The zero-order valence-electron chi connectivity index (χ0n) is 9.82. The lowest BCUT2D eigenvalue weighted by atomic mass is 9.93. The molecule has 0 amide bonds. The quantitative estimate of drug-likeness (QED) is 0.788. The second-order valence-electron chi connectivity index (χ2n) is 4.28. The molecular weight excluding hydrogens is 198 g/mol. The fourth-order valence-corrected chi connectivity index (χ4v) is 2.20. The highest BCUT2D eigenvalue weighted by atomic mass is 14.9. The Morgan fingerprint density at radius 1 is 1.38 bits per heavy atom.